The van der Waals surface area contributed by atoms with Crippen molar-refractivity contribution in [2.45, 2.75) is 32.7 Å². The molecule has 0 fully saturated rings. The Morgan fingerprint density at radius 1 is 1.53 bits per heavy atom. The molecule has 0 spiro atoms. The summed E-state index contributed by atoms with van der Waals surface area (Å²) in [6.45, 7) is 5.24. The molecule has 0 N–H and O–H groups in total. The summed E-state index contributed by atoms with van der Waals surface area (Å²) in [4.78, 5) is 15.0. The number of fused-ring (bicyclic) bond motifs is 1. The Labute approximate surface area is 114 Å². The van der Waals surface area contributed by atoms with Crippen LogP contribution in [0.4, 0.5) is 0 Å². The van der Waals surface area contributed by atoms with Crippen molar-refractivity contribution >= 4 is 17.4 Å². The predicted molar refractivity (Wildman–Crippen MR) is 68.9 cm³/mol. The third kappa shape index (κ3) is 2.14. The molecule has 19 heavy (non-hydrogen) atoms. The molecule has 0 aromatic carbocycles. The standard InChI is InChI=1S/C12H14N4O2S/c1-7(2)10-11(19-15-13-10)12(17)16-4-3-9-8(5-16)6-18-14-9/h6-7H,3-5H2,1-2H3. The Morgan fingerprint density at radius 3 is 3.16 bits per heavy atom. The maximum absolute atomic E-state index is 12.5. The fraction of sp³-hybridized carbons (Fsp3) is 0.500. The summed E-state index contributed by atoms with van der Waals surface area (Å²) >= 11 is 1.17. The van der Waals surface area contributed by atoms with Gasteiger partial charge in [-0.15, -0.1) is 5.10 Å². The number of rotatable bonds is 2. The summed E-state index contributed by atoms with van der Waals surface area (Å²) in [6.07, 6.45) is 2.35. The number of hydrogen-bond donors (Lipinski definition) is 0. The van der Waals surface area contributed by atoms with E-state index < -0.39 is 0 Å². The quantitative estimate of drug-likeness (QED) is 0.838. The van der Waals surface area contributed by atoms with Crippen molar-refractivity contribution < 1.29 is 9.32 Å². The second-order valence-corrected chi connectivity index (χ2v) is 5.66. The SMILES string of the molecule is CC(C)c1nnsc1C(=O)N1CCc2nocc2C1. The third-order valence-electron chi connectivity index (χ3n) is 3.25. The molecular weight excluding hydrogens is 264 g/mol. The monoisotopic (exact) mass is 278 g/mol. The fourth-order valence-electron chi connectivity index (χ4n) is 2.18. The van der Waals surface area contributed by atoms with Crippen LogP contribution < -0.4 is 0 Å². The molecule has 7 heteroatoms. The molecular formula is C12H14N4O2S. The molecule has 0 atom stereocenters. The van der Waals surface area contributed by atoms with Crippen molar-refractivity contribution in [1.82, 2.24) is 19.6 Å². The maximum atomic E-state index is 12.5. The molecule has 0 saturated carbocycles. The minimum Gasteiger partial charge on any atom is -0.364 e. The Morgan fingerprint density at radius 2 is 2.37 bits per heavy atom. The molecule has 3 rings (SSSR count). The molecule has 1 amide bonds. The van der Waals surface area contributed by atoms with Crippen LogP contribution in [-0.2, 0) is 13.0 Å². The van der Waals surface area contributed by atoms with Gasteiger partial charge in [0.05, 0.1) is 17.9 Å². The Balaban J connectivity index is 1.84. The van der Waals surface area contributed by atoms with E-state index in [9.17, 15) is 4.79 Å². The van der Waals surface area contributed by atoms with E-state index in [1.807, 2.05) is 13.8 Å². The van der Waals surface area contributed by atoms with Gasteiger partial charge in [0.1, 0.15) is 11.1 Å². The van der Waals surface area contributed by atoms with Gasteiger partial charge in [-0.05, 0) is 17.5 Å². The zero-order valence-electron chi connectivity index (χ0n) is 10.8. The van der Waals surface area contributed by atoms with Gasteiger partial charge in [0.25, 0.3) is 5.91 Å². The molecule has 0 unspecified atom stereocenters. The largest absolute Gasteiger partial charge is 0.364 e. The average Bonchev–Trinajstić information content (AvgIpc) is 3.05. The summed E-state index contributed by atoms with van der Waals surface area (Å²) in [7, 11) is 0. The number of nitrogens with zero attached hydrogens (tertiary/aromatic N) is 4. The number of carbonyl (C=O) groups excluding carboxylic acids is 1. The molecule has 1 aliphatic heterocycles. The predicted octanol–water partition coefficient (Wildman–Crippen LogP) is 1.85. The van der Waals surface area contributed by atoms with Crippen molar-refractivity contribution in [3.63, 3.8) is 0 Å². The van der Waals surface area contributed by atoms with Crippen LogP contribution in [0, 0.1) is 0 Å². The third-order valence-corrected chi connectivity index (χ3v) is 3.98. The van der Waals surface area contributed by atoms with E-state index in [0.29, 0.717) is 18.0 Å². The average molecular weight is 278 g/mol. The number of amides is 1. The van der Waals surface area contributed by atoms with Crippen molar-refractivity contribution in [2.24, 2.45) is 0 Å². The van der Waals surface area contributed by atoms with E-state index in [1.165, 1.54) is 11.5 Å². The van der Waals surface area contributed by atoms with E-state index in [4.69, 9.17) is 4.52 Å². The first-order valence-electron chi connectivity index (χ1n) is 6.20. The molecule has 3 heterocycles. The molecule has 0 radical (unpaired) electrons. The van der Waals surface area contributed by atoms with E-state index in [0.717, 1.165) is 23.4 Å². The second kappa shape index (κ2) is 4.73. The highest BCUT2D eigenvalue weighted by molar-refractivity contribution is 7.08. The normalized spacial score (nSPS) is 14.8. The lowest BCUT2D eigenvalue weighted by Gasteiger charge is -2.25. The van der Waals surface area contributed by atoms with Crippen LogP contribution in [0.15, 0.2) is 10.8 Å². The van der Waals surface area contributed by atoms with Gasteiger partial charge in [0.15, 0.2) is 0 Å². The summed E-state index contributed by atoms with van der Waals surface area (Å²) < 4.78 is 8.85. The van der Waals surface area contributed by atoms with E-state index in [-0.39, 0.29) is 11.8 Å². The molecule has 1 aliphatic rings. The van der Waals surface area contributed by atoms with E-state index in [1.54, 1.807) is 11.2 Å². The summed E-state index contributed by atoms with van der Waals surface area (Å²) in [5, 5.41) is 7.98. The Hall–Kier alpha value is -1.76. The molecule has 0 bridgehead atoms. The molecule has 2 aromatic rings. The van der Waals surface area contributed by atoms with Crippen LogP contribution in [0.5, 0.6) is 0 Å². The second-order valence-electron chi connectivity index (χ2n) is 4.91. The zero-order chi connectivity index (χ0) is 13.4. The van der Waals surface area contributed by atoms with Crippen LogP contribution in [0.1, 0.15) is 46.4 Å². The first-order valence-corrected chi connectivity index (χ1v) is 6.97. The highest BCUT2D eigenvalue weighted by atomic mass is 32.1. The van der Waals surface area contributed by atoms with Gasteiger partial charge in [0, 0.05) is 18.5 Å². The van der Waals surface area contributed by atoms with Gasteiger partial charge in [-0.3, -0.25) is 4.79 Å². The topological polar surface area (TPSA) is 72.1 Å². The van der Waals surface area contributed by atoms with Crippen molar-refractivity contribution in [2.75, 3.05) is 6.54 Å². The molecule has 6 nitrogen and oxygen atoms in total. The van der Waals surface area contributed by atoms with E-state index in [2.05, 4.69) is 14.7 Å². The summed E-state index contributed by atoms with van der Waals surface area (Å²) in [6, 6.07) is 0. The van der Waals surface area contributed by atoms with Crippen LogP contribution >= 0.6 is 11.5 Å². The Bertz CT molecular complexity index is 604. The number of hydrogen-bond acceptors (Lipinski definition) is 6. The van der Waals surface area contributed by atoms with Crippen LogP contribution in [0.25, 0.3) is 0 Å². The summed E-state index contributed by atoms with van der Waals surface area (Å²) in [5.41, 5.74) is 2.73. The number of carbonyl (C=O) groups is 1. The first-order chi connectivity index (χ1) is 9.16. The maximum Gasteiger partial charge on any atom is 0.267 e. The number of aromatic nitrogens is 3. The Kier molecular flexibility index (Phi) is 3.06. The lowest BCUT2D eigenvalue weighted by atomic mass is 10.1. The van der Waals surface area contributed by atoms with Gasteiger partial charge < -0.3 is 9.42 Å². The van der Waals surface area contributed by atoms with Crippen molar-refractivity contribution in [3.8, 4) is 0 Å². The molecule has 0 aliphatic carbocycles. The minimum atomic E-state index is 0.00514. The van der Waals surface area contributed by atoms with Gasteiger partial charge in [-0.2, -0.15) is 0 Å². The van der Waals surface area contributed by atoms with Crippen LogP contribution in [-0.4, -0.2) is 32.1 Å². The van der Waals surface area contributed by atoms with Crippen molar-refractivity contribution in [1.29, 1.82) is 0 Å². The minimum absolute atomic E-state index is 0.00514. The van der Waals surface area contributed by atoms with Gasteiger partial charge >= 0.3 is 0 Å². The highest BCUT2D eigenvalue weighted by Gasteiger charge is 2.28. The van der Waals surface area contributed by atoms with Crippen LogP contribution in [0.2, 0.25) is 0 Å². The lowest BCUT2D eigenvalue weighted by Crippen LogP contribution is -2.35. The highest BCUT2D eigenvalue weighted by Crippen LogP contribution is 2.24. The van der Waals surface area contributed by atoms with Crippen molar-refractivity contribution in [3.05, 3.63) is 28.1 Å². The zero-order valence-corrected chi connectivity index (χ0v) is 11.6. The van der Waals surface area contributed by atoms with E-state index >= 15 is 0 Å². The van der Waals surface area contributed by atoms with Gasteiger partial charge in [0.2, 0.25) is 0 Å². The lowest BCUT2D eigenvalue weighted by molar-refractivity contribution is 0.0737. The first kappa shape index (κ1) is 12.3. The fourth-order valence-corrected chi connectivity index (χ4v) is 2.97. The molecule has 100 valence electrons. The molecule has 2 aromatic heterocycles. The summed E-state index contributed by atoms with van der Waals surface area (Å²) in [5.74, 6) is 0.208. The van der Waals surface area contributed by atoms with Crippen LogP contribution in [0.3, 0.4) is 0 Å². The van der Waals surface area contributed by atoms with Gasteiger partial charge in [-0.1, -0.05) is 23.5 Å². The van der Waals surface area contributed by atoms with Gasteiger partial charge in [-0.25, -0.2) is 0 Å². The smallest absolute Gasteiger partial charge is 0.267 e. The molecule has 0 saturated heterocycles.